The van der Waals surface area contributed by atoms with Gasteiger partial charge in [-0.05, 0) is 32.1 Å². The number of hydrogen-bond donors (Lipinski definition) is 2. The van der Waals surface area contributed by atoms with Gasteiger partial charge in [-0.1, -0.05) is 308 Å². The van der Waals surface area contributed by atoms with Gasteiger partial charge in [0.25, 0.3) is 7.82 Å². The summed E-state index contributed by atoms with van der Waals surface area (Å²) < 4.78 is 23.4. The number of rotatable bonds is 59. The van der Waals surface area contributed by atoms with Crippen LogP contribution in [0, 0.1) is 0 Å². The molecule has 0 saturated carbocycles. The molecule has 9 heteroatoms. The van der Waals surface area contributed by atoms with Crippen molar-refractivity contribution >= 4 is 13.7 Å². The summed E-state index contributed by atoms with van der Waals surface area (Å²) in [5.74, 6) is -0.200. The number of carbonyl (C=O) groups excluding carboxylic acids is 1. The minimum absolute atomic E-state index is 0.00371. The minimum atomic E-state index is -4.60. The topological polar surface area (TPSA) is 108 Å². The second-order valence-corrected chi connectivity index (χ2v) is 24.5. The van der Waals surface area contributed by atoms with Gasteiger partial charge in [0, 0.05) is 6.42 Å². The van der Waals surface area contributed by atoms with Crippen molar-refractivity contribution in [3.8, 4) is 0 Å². The van der Waals surface area contributed by atoms with Gasteiger partial charge in [-0.2, -0.15) is 0 Å². The lowest BCUT2D eigenvalue weighted by molar-refractivity contribution is -0.870. The summed E-state index contributed by atoms with van der Waals surface area (Å²) in [5.41, 5.74) is 0. The Morgan fingerprint density at radius 2 is 0.778 bits per heavy atom. The third kappa shape index (κ3) is 56.7. The molecule has 0 aromatic carbocycles. The molecule has 0 aromatic rings. The molecule has 1 amide bonds. The number of aliphatic hydroxyl groups is 1. The normalized spacial score (nSPS) is 13.9. The fourth-order valence-corrected chi connectivity index (χ4v) is 10.4. The molecule has 0 fully saturated rings. The zero-order valence-corrected chi connectivity index (χ0v) is 49.8. The van der Waals surface area contributed by atoms with E-state index in [2.05, 4.69) is 31.3 Å². The number of amides is 1. The molecule has 3 atom stereocenters. The first-order chi connectivity index (χ1) is 35.0. The highest BCUT2D eigenvalue weighted by Gasteiger charge is 2.23. The quantitative estimate of drug-likeness (QED) is 0.0272. The van der Waals surface area contributed by atoms with Crippen LogP contribution in [0.1, 0.15) is 322 Å². The summed E-state index contributed by atoms with van der Waals surface area (Å²) in [6, 6.07) is -0.900. The predicted octanol–water partition coefficient (Wildman–Crippen LogP) is 18.9. The summed E-state index contributed by atoms with van der Waals surface area (Å²) in [6.07, 6.45) is 70.1. The van der Waals surface area contributed by atoms with Gasteiger partial charge in [0.05, 0.1) is 39.9 Å². The van der Waals surface area contributed by atoms with E-state index in [1.807, 2.05) is 27.2 Å². The number of phosphoric acid groups is 1. The van der Waals surface area contributed by atoms with E-state index in [9.17, 15) is 19.4 Å². The molecule has 0 aliphatic carbocycles. The van der Waals surface area contributed by atoms with Gasteiger partial charge in [0.15, 0.2) is 0 Å². The SMILES string of the molecule is CCCCCCCCCCCCC/C=C/CC/C=C/C(O)C(COP(=O)([O-])OCC[N+](C)(C)C)NC(=O)CCCCCCCCCCCCCCCCCCCCCCCCCCCCCCCCCCC. The maximum absolute atomic E-state index is 13.0. The van der Waals surface area contributed by atoms with Crippen LogP contribution in [-0.4, -0.2) is 68.5 Å². The van der Waals surface area contributed by atoms with Crippen molar-refractivity contribution < 1.29 is 32.9 Å². The predicted molar refractivity (Wildman–Crippen MR) is 312 cm³/mol. The third-order valence-electron chi connectivity index (χ3n) is 14.7. The lowest BCUT2D eigenvalue weighted by Gasteiger charge is -2.29. The van der Waals surface area contributed by atoms with E-state index in [0.29, 0.717) is 17.4 Å². The first kappa shape index (κ1) is 71.0. The van der Waals surface area contributed by atoms with Crippen molar-refractivity contribution in [2.24, 2.45) is 0 Å². The standard InChI is InChI=1S/C63H125N2O6P/c1-6-8-10-12-14-16-18-20-22-24-25-26-27-28-29-30-31-32-33-34-35-36-37-38-39-41-43-45-47-49-51-53-55-57-63(67)64-61(60-71-72(68,69)70-59-58-65(3,4)5)62(66)56-54-52-50-48-46-44-42-40-23-21-19-17-15-13-11-9-7-2/h46,48,54,56,61-62,66H,6-45,47,49-53,55,57-60H2,1-5H3,(H-,64,67,68,69)/b48-46+,56-54+. The Morgan fingerprint density at radius 3 is 1.12 bits per heavy atom. The maximum Gasteiger partial charge on any atom is 0.268 e. The van der Waals surface area contributed by atoms with Crippen LogP contribution in [0.2, 0.25) is 0 Å². The van der Waals surface area contributed by atoms with Crippen molar-refractivity contribution in [2.75, 3.05) is 40.9 Å². The van der Waals surface area contributed by atoms with Crippen LogP contribution in [0.5, 0.6) is 0 Å². The van der Waals surface area contributed by atoms with Crippen molar-refractivity contribution in [1.82, 2.24) is 5.32 Å². The van der Waals surface area contributed by atoms with Gasteiger partial charge in [-0.25, -0.2) is 0 Å². The van der Waals surface area contributed by atoms with Gasteiger partial charge in [0.1, 0.15) is 13.2 Å². The smallest absolute Gasteiger partial charge is 0.268 e. The first-order valence-electron chi connectivity index (χ1n) is 31.7. The molecule has 0 rings (SSSR count). The molecule has 0 spiro atoms. The summed E-state index contributed by atoms with van der Waals surface area (Å²) in [7, 11) is 1.26. The van der Waals surface area contributed by atoms with Crippen LogP contribution in [0.25, 0.3) is 0 Å². The van der Waals surface area contributed by atoms with Gasteiger partial charge in [0.2, 0.25) is 5.91 Å². The summed E-state index contributed by atoms with van der Waals surface area (Å²) in [5, 5.41) is 13.9. The van der Waals surface area contributed by atoms with Crippen LogP contribution in [0.15, 0.2) is 24.3 Å². The molecular formula is C63H125N2O6P. The van der Waals surface area contributed by atoms with Gasteiger partial charge >= 0.3 is 0 Å². The van der Waals surface area contributed by atoms with Gasteiger partial charge in [-0.3, -0.25) is 9.36 Å². The molecule has 2 N–H and O–H groups in total. The largest absolute Gasteiger partial charge is 0.756 e. The lowest BCUT2D eigenvalue weighted by Crippen LogP contribution is -2.45. The van der Waals surface area contributed by atoms with Gasteiger partial charge in [-0.15, -0.1) is 0 Å². The van der Waals surface area contributed by atoms with Crippen molar-refractivity contribution in [2.45, 2.75) is 334 Å². The molecule has 0 bridgehead atoms. The lowest BCUT2D eigenvalue weighted by atomic mass is 10.0. The maximum atomic E-state index is 13.0. The summed E-state index contributed by atoms with van der Waals surface area (Å²) in [4.78, 5) is 25.5. The zero-order chi connectivity index (χ0) is 52.7. The van der Waals surface area contributed by atoms with Crippen LogP contribution in [0.4, 0.5) is 0 Å². The summed E-state index contributed by atoms with van der Waals surface area (Å²) >= 11 is 0. The molecule has 0 heterocycles. The van der Waals surface area contributed by atoms with Crippen molar-refractivity contribution in [3.05, 3.63) is 24.3 Å². The Kier molecular flexibility index (Phi) is 54.0. The fourth-order valence-electron chi connectivity index (χ4n) is 9.70. The van der Waals surface area contributed by atoms with E-state index in [-0.39, 0.29) is 19.1 Å². The molecule has 72 heavy (non-hydrogen) atoms. The second kappa shape index (κ2) is 54.8. The Morgan fingerprint density at radius 1 is 0.472 bits per heavy atom. The number of allylic oxidation sites excluding steroid dienone is 3. The average Bonchev–Trinajstić information content (AvgIpc) is 3.34. The third-order valence-corrected chi connectivity index (χ3v) is 15.6. The van der Waals surface area contributed by atoms with E-state index in [0.717, 1.165) is 38.5 Å². The van der Waals surface area contributed by atoms with Crippen LogP contribution < -0.4 is 10.2 Å². The molecular weight excluding hydrogens is 912 g/mol. The molecule has 0 aliphatic heterocycles. The van der Waals surface area contributed by atoms with Crippen LogP contribution >= 0.6 is 7.82 Å². The molecule has 0 aliphatic rings. The molecule has 0 saturated heterocycles. The van der Waals surface area contributed by atoms with E-state index in [1.54, 1.807) is 6.08 Å². The van der Waals surface area contributed by atoms with Crippen molar-refractivity contribution in [3.63, 3.8) is 0 Å². The van der Waals surface area contributed by atoms with E-state index < -0.39 is 20.0 Å². The highest BCUT2D eigenvalue weighted by atomic mass is 31.2. The number of nitrogens with zero attached hydrogens (tertiary/aromatic N) is 1. The van der Waals surface area contributed by atoms with Crippen LogP contribution in [0.3, 0.4) is 0 Å². The Hall–Kier alpha value is -1.02. The number of nitrogens with one attached hydrogen (secondary N) is 1. The number of hydrogen-bond acceptors (Lipinski definition) is 6. The Balaban J connectivity index is 4.01. The zero-order valence-electron chi connectivity index (χ0n) is 48.9. The number of likely N-dealkylation sites (N-methyl/N-ethyl adjacent to an activating group) is 1. The Bertz CT molecular complexity index is 1220. The minimum Gasteiger partial charge on any atom is -0.756 e. The van der Waals surface area contributed by atoms with Crippen LogP contribution in [-0.2, 0) is 18.4 Å². The molecule has 428 valence electrons. The summed E-state index contributed by atoms with van der Waals surface area (Å²) in [6.45, 7) is 4.67. The number of quaternary nitrogens is 1. The fraction of sp³-hybridized carbons (Fsp3) is 0.921. The van der Waals surface area contributed by atoms with E-state index >= 15 is 0 Å². The number of phosphoric ester groups is 1. The first-order valence-corrected chi connectivity index (χ1v) is 33.2. The molecule has 3 unspecified atom stereocenters. The average molecular weight is 1040 g/mol. The molecule has 0 radical (unpaired) electrons. The van der Waals surface area contributed by atoms with Gasteiger partial charge < -0.3 is 28.8 Å². The number of aliphatic hydroxyl groups excluding tert-OH is 1. The van der Waals surface area contributed by atoms with Crippen molar-refractivity contribution in [1.29, 1.82) is 0 Å². The molecule has 0 aromatic heterocycles. The number of carbonyl (C=O) groups is 1. The monoisotopic (exact) mass is 1040 g/mol. The highest BCUT2D eigenvalue weighted by Crippen LogP contribution is 2.38. The van der Waals surface area contributed by atoms with E-state index in [1.165, 1.54) is 263 Å². The highest BCUT2D eigenvalue weighted by molar-refractivity contribution is 7.45. The molecule has 8 nitrogen and oxygen atoms in total. The Labute approximate surface area is 449 Å². The number of unbranched alkanes of at least 4 members (excludes halogenated alkanes) is 44. The van der Waals surface area contributed by atoms with E-state index in [4.69, 9.17) is 9.05 Å². The second-order valence-electron chi connectivity index (χ2n) is 23.1.